The summed E-state index contributed by atoms with van der Waals surface area (Å²) < 4.78 is 12.9. The highest BCUT2D eigenvalue weighted by molar-refractivity contribution is 5.96. The lowest BCUT2D eigenvalue weighted by molar-refractivity contribution is -0.147. The molecular weight excluding hydrogens is 396 g/mol. The van der Waals surface area contributed by atoms with Crippen molar-refractivity contribution in [3.05, 3.63) is 42.2 Å². The maximum atomic E-state index is 11.8. The Labute approximate surface area is 178 Å². The van der Waals surface area contributed by atoms with Gasteiger partial charge in [-0.25, -0.2) is 9.67 Å². The highest BCUT2D eigenvalue weighted by Gasteiger charge is 2.25. The molecule has 4 heterocycles. The van der Waals surface area contributed by atoms with E-state index >= 15 is 0 Å². The summed E-state index contributed by atoms with van der Waals surface area (Å²) in [6.45, 7) is 5.13. The molecule has 9 heteroatoms. The molecule has 1 aromatic carbocycles. The van der Waals surface area contributed by atoms with E-state index in [1.807, 2.05) is 42.8 Å². The number of hydrogen-bond donors (Lipinski definition) is 1. The molecule has 0 saturated carbocycles. The quantitative estimate of drug-likeness (QED) is 0.490. The summed E-state index contributed by atoms with van der Waals surface area (Å²) in [4.78, 5) is 16.4. The van der Waals surface area contributed by atoms with Crippen LogP contribution in [0.4, 0.5) is 5.69 Å². The Kier molecular flexibility index (Phi) is 4.85. The maximum Gasteiger partial charge on any atom is 0.307 e. The normalized spacial score (nSPS) is 16.5. The van der Waals surface area contributed by atoms with Crippen LogP contribution in [0.15, 0.2) is 41.1 Å². The minimum absolute atomic E-state index is 0.0601. The largest absolute Gasteiger partial charge is 0.466 e. The summed E-state index contributed by atoms with van der Waals surface area (Å²) >= 11 is 0. The van der Waals surface area contributed by atoms with E-state index in [1.54, 1.807) is 12.4 Å². The number of anilines is 1. The number of hydrogen-bond acceptors (Lipinski definition) is 8. The molecule has 0 radical (unpaired) electrons. The number of ether oxygens (including phenoxy) is 1. The Morgan fingerprint density at radius 3 is 2.74 bits per heavy atom. The van der Waals surface area contributed by atoms with E-state index in [2.05, 4.69) is 25.6 Å². The van der Waals surface area contributed by atoms with Crippen LogP contribution in [0.3, 0.4) is 0 Å². The number of rotatable bonds is 5. The molecule has 1 saturated heterocycles. The van der Waals surface area contributed by atoms with Gasteiger partial charge >= 0.3 is 5.97 Å². The number of carbonyl (C=O) groups excluding carboxylic acids is 1. The van der Waals surface area contributed by atoms with Crippen LogP contribution in [-0.2, 0) is 16.1 Å². The van der Waals surface area contributed by atoms with E-state index < -0.39 is 0 Å². The molecule has 4 aromatic rings. The number of cyclic esters (lactones) is 1. The van der Waals surface area contributed by atoms with Crippen LogP contribution < -0.4 is 5.32 Å². The zero-order valence-corrected chi connectivity index (χ0v) is 17.3. The third kappa shape index (κ3) is 3.63. The molecule has 5 rings (SSSR count). The molecule has 3 aromatic heterocycles. The van der Waals surface area contributed by atoms with Crippen LogP contribution in [0.2, 0.25) is 0 Å². The molecule has 9 nitrogen and oxygen atoms in total. The topological polar surface area (TPSA) is 108 Å². The minimum Gasteiger partial charge on any atom is -0.466 e. The molecule has 158 valence electrons. The molecule has 0 spiro atoms. The summed E-state index contributed by atoms with van der Waals surface area (Å²) in [5.74, 6) is 0.584. The molecule has 1 aliphatic rings. The van der Waals surface area contributed by atoms with Gasteiger partial charge in [-0.05, 0) is 26.0 Å². The number of benzene rings is 1. The number of carbonyl (C=O) groups is 1. The monoisotopic (exact) mass is 418 g/mol. The standard InChI is InChI=1S/C22H22N6O3/c1-3-28-20-16(12-24-28)19(25-15-8-9-30-18(29)10-15)17(11-23-20)22-27-26-21(31-22)14-6-4-13(2)5-7-14/h4-7,11-12,15H,3,8-10H2,1-2H3,(H,23,25). The van der Waals surface area contributed by atoms with Gasteiger partial charge < -0.3 is 14.5 Å². The predicted molar refractivity (Wildman–Crippen MR) is 114 cm³/mol. The molecule has 1 unspecified atom stereocenters. The van der Waals surface area contributed by atoms with Gasteiger partial charge in [-0.15, -0.1) is 10.2 Å². The van der Waals surface area contributed by atoms with Crippen molar-refractivity contribution < 1.29 is 13.9 Å². The van der Waals surface area contributed by atoms with Crippen molar-refractivity contribution in [2.45, 2.75) is 39.3 Å². The lowest BCUT2D eigenvalue weighted by Crippen LogP contribution is -2.31. The van der Waals surface area contributed by atoms with E-state index in [0.717, 1.165) is 34.3 Å². The number of nitrogens with one attached hydrogen (secondary N) is 1. The van der Waals surface area contributed by atoms with Gasteiger partial charge in [-0.3, -0.25) is 4.79 Å². The molecule has 1 aliphatic heterocycles. The molecule has 0 amide bonds. The van der Waals surface area contributed by atoms with Gasteiger partial charge in [0, 0.05) is 30.8 Å². The van der Waals surface area contributed by atoms with Crippen molar-refractivity contribution in [3.63, 3.8) is 0 Å². The van der Waals surface area contributed by atoms with Gasteiger partial charge in [0.25, 0.3) is 5.89 Å². The Morgan fingerprint density at radius 1 is 1.16 bits per heavy atom. The average molecular weight is 418 g/mol. The van der Waals surface area contributed by atoms with E-state index in [1.165, 1.54) is 0 Å². The second kappa shape index (κ2) is 7.82. The maximum absolute atomic E-state index is 11.8. The average Bonchev–Trinajstić information content (AvgIpc) is 3.42. The second-order valence-electron chi connectivity index (χ2n) is 7.58. The first-order valence-electron chi connectivity index (χ1n) is 10.3. The van der Waals surface area contributed by atoms with E-state index in [4.69, 9.17) is 9.15 Å². The summed E-state index contributed by atoms with van der Waals surface area (Å²) in [7, 11) is 0. The first kappa shape index (κ1) is 19.2. The molecule has 0 bridgehead atoms. The number of nitrogens with zero attached hydrogens (tertiary/aromatic N) is 5. The summed E-state index contributed by atoms with van der Waals surface area (Å²) in [5.41, 5.74) is 4.21. The number of aryl methyl sites for hydroxylation is 2. The lowest BCUT2D eigenvalue weighted by Gasteiger charge is -2.24. The van der Waals surface area contributed by atoms with Crippen molar-refractivity contribution in [1.82, 2.24) is 25.0 Å². The van der Waals surface area contributed by atoms with Crippen molar-refractivity contribution in [2.24, 2.45) is 0 Å². The SMILES string of the molecule is CCn1ncc2c(NC3CCOC(=O)C3)c(-c3nnc(-c4ccc(C)cc4)o3)cnc21. The predicted octanol–water partition coefficient (Wildman–Crippen LogP) is 3.59. The zero-order valence-electron chi connectivity index (χ0n) is 17.3. The van der Waals surface area contributed by atoms with E-state index in [-0.39, 0.29) is 12.0 Å². The van der Waals surface area contributed by atoms with Crippen LogP contribution in [0.25, 0.3) is 33.9 Å². The minimum atomic E-state index is -0.209. The number of esters is 1. The van der Waals surface area contributed by atoms with Gasteiger partial charge in [-0.1, -0.05) is 17.7 Å². The highest BCUT2D eigenvalue weighted by Crippen LogP contribution is 2.35. The van der Waals surface area contributed by atoms with Gasteiger partial charge in [0.05, 0.1) is 35.9 Å². The Hall–Kier alpha value is -3.75. The summed E-state index contributed by atoms with van der Waals surface area (Å²) in [6.07, 6.45) is 4.50. The van der Waals surface area contributed by atoms with Gasteiger partial charge in [0.15, 0.2) is 5.65 Å². The Bertz CT molecular complexity index is 1240. The third-order valence-electron chi connectivity index (χ3n) is 5.41. The lowest BCUT2D eigenvalue weighted by atomic mass is 10.1. The van der Waals surface area contributed by atoms with Crippen molar-refractivity contribution in [3.8, 4) is 22.9 Å². The second-order valence-corrected chi connectivity index (χ2v) is 7.58. The highest BCUT2D eigenvalue weighted by atomic mass is 16.5. The smallest absolute Gasteiger partial charge is 0.307 e. The van der Waals surface area contributed by atoms with Crippen molar-refractivity contribution >= 4 is 22.7 Å². The number of pyridine rings is 1. The fourth-order valence-corrected chi connectivity index (χ4v) is 3.73. The molecule has 1 atom stereocenters. The third-order valence-corrected chi connectivity index (χ3v) is 5.41. The molecular formula is C22H22N6O3. The molecule has 31 heavy (non-hydrogen) atoms. The van der Waals surface area contributed by atoms with Crippen LogP contribution in [0.5, 0.6) is 0 Å². The van der Waals surface area contributed by atoms with Crippen LogP contribution in [0, 0.1) is 6.92 Å². The molecule has 0 aliphatic carbocycles. The van der Waals surface area contributed by atoms with Crippen LogP contribution in [0.1, 0.15) is 25.3 Å². The van der Waals surface area contributed by atoms with Gasteiger partial charge in [-0.2, -0.15) is 5.10 Å². The fourth-order valence-electron chi connectivity index (χ4n) is 3.73. The van der Waals surface area contributed by atoms with Crippen LogP contribution >= 0.6 is 0 Å². The molecule has 1 fully saturated rings. The van der Waals surface area contributed by atoms with Crippen molar-refractivity contribution in [2.75, 3.05) is 11.9 Å². The summed E-state index contributed by atoms with van der Waals surface area (Å²) in [5, 5.41) is 17.3. The van der Waals surface area contributed by atoms with Crippen molar-refractivity contribution in [1.29, 1.82) is 0 Å². The number of fused-ring (bicyclic) bond motifs is 1. The number of aromatic nitrogens is 5. The first-order chi connectivity index (χ1) is 15.1. The Balaban J connectivity index is 1.58. The van der Waals surface area contributed by atoms with E-state index in [0.29, 0.717) is 36.9 Å². The van der Waals surface area contributed by atoms with E-state index in [9.17, 15) is 4.79 Å². The fraction of sp³-hybridized carbons (Fsp3) is 0.318. The summed E-state index contributed by atoms with van der Waals surface area (Å²) in [6, 6.07) is 7.84. The molecule has 1 N–H and O–H groups in total. The van der Waals surface area contributed by atoms with Gasteiger partial charge in [0.2, 0.25) is 5.89 Å². The van der Waals surface area contributed by atoms with Crippen LogP contribution in [-0.4, -0.2) is 43.6 Å². The first-order valence-corrected chi connectivity index (χ1v) is 10.3. The zero-order chi connectivity index (χ0) is 21.4. The van der Waals surface area contributed by atoms with Gasteiger partial charge in [0.1, 0.15) is 0 Å². The Morgan fingerprint density at radius 2 is 1.97 bits per heavy atom.